The van der Waals surface area contributed by atoms with Crippen LogP contribution in [0.3, 0.4) is 0 Å². The quantitative estimate of drug-likeness (QED) is 0.579. The van der Waals surface area contributed by atoms with Crippen molar-refractivity contribution < 1.29 is 9.90 Å². The average molecular weight is 376 g/mol. The van der Waals surface area contributed by atoms with Gasteiger partial charge in [0.2, 0.25) is 0 Å². The highest BCUT2D eigenvalue weighted by Crippen LogP contribution is 2.30. The third-order valence-electron chi connectivity index (χ3n) is 5.45. The lowest BCUT2D eigenvalue weighted by atomic mass is 10.1. The number of fused-ring (bicyclic) bond motifs is 2. The van der Waals surface area contributed by atoms with Gasteiger partial charge in [0, 0.05) is 24.8 Å². The molecule has 1 unspecified atom stereocenters. The Kier molecular flexibility index (Phi) is 3.78. The predicted octanol–water partition coefficient (Wildman–Crippen LogP) is 3.37. The molecule has 8 heteroatoms. The van der Waals surface area contributed by atoms with Gasteiger partial charge in [0.05, 0.1) is 23.4 Å². The van der Waals surface area contributed by atoms with E-state index in [4.69, 9.17) is 4.98 Å². The number of carboxylic acid groups (broad SMARTS) is 1. The molecule has 1 saturated heterocycles. The fraction of sp³-hybridized carbons (Fsp3) is 0.300. The van der Waals surface area contributed by atoms with Crippen LogP contribution in [0.25, 0.3) is 27.9 Å². The van der Waals surface area contributed by atoms with Gasteiger partial charge in [-0.1, -0.05) is 6.07 Å². The second-order valence-electron chi connectivity index (χ2n) is 7.18. The first kappa shape index (κ1) is 16.7. The van der Waals surface area contributed by atoms with E-state index in [1.165, 1.54) is 4.90 Å². The zero-order valence-electron chi connectivity index (χ0n) is 15.5. The van der Waals surface area contributed by atoms with Crippen molar-refractivity contribution >= 4 is 22.8 Å². The SMILES string of the molecule is Cc1nc2ccc(-c3cnn4ccccc34)nc2n1C1CCCN(C(=O)O)C1. The van der Waals surface area contributed by atoms with Crippen LogP contribution in [0.1, 0.15) is 24.7 Å². The van der Waals surface area contributed by atoms with Crippen molar-refractivity contribution in [2.24, 2.45) is 0 Å². The summed E-state index contributed by atoms with van der Waals surface area (Å²) in [6, 6.07) is 9.93. The molecule has 1 aliphatic rings. The molecule has 142 valence electrons. The molecule has 0 bridgehead atoms. The summed E-state index contributed by atoms with van der Waals surface area (Å²) in [5.41, 5.74) is 4.41. The normalized spacial score (nSPS) is 17.5. The molecule has 0 saturated carbocycles. The molecule has 4 aromatic rings. The van der Waals surface area contributed by atoms with Gasteiger partial charge in [0.1, 0.15) is 11.3 Å². The molecular formula is C20H20N6O2. The second-order valence-corrected chi connectivity index (χ2v) is 7.18. The van der Waals surface area contributed by atoms with Crippen LogP contribution < -0.4 is 0 Å². The minimum absolute atomic E-state index is 0.0431. The summed E-state index contributed by atoms with van der Waals surface area (Å²) in [5.74, 6) is 0.858. The van der Waals surface area contributed by atoms with Gasteiger partial charge in [-0.2, -0.15) is 5.10 Å². The van der Waals surface area contributed by atoms with Gasteiger partial charge in [-0.3, -0.25) is 0 Å². The van der Waals surface area contributed by atoms with Crippen LogP contribution in [-0.4, -0.2) is 53.3 Å². The second kappa shape index (κ2) is 6.33. The summed E-state index contributed by atoms with van der Waals surface area (Å²) in [5, 5.41) is 13.8. The van der Waals surface area contributed by atoms with Gasteiger partial charge >= 0.3 is 6.09 Å². The number of amides is 1. The summed E-state index contributed by atoms with van der Waals surface area (Å²) in [6.45, 7) is 3.00. The number of pyridine rings is 2. The molecule has 0 aromatic carbocycles. The monoisotopic (exact) mass is 376 g/mol. The molecule has 5 heterocycles. The number of aryl methyl sites for hydroxylation is 1. The smallest absolute Gasteiger partial charge is 0.407 e. The molecule has 5 rings (SSSR count). The van der Waals surface area contributed by atoms with Gasteiger partial charge in [-0.15, -0.1) is 0 Å². The Morgan fingerprint density at radius 1 is 1.21 bits per heavy atom. The van der Waals surface area contributed by atoms with Crippen LogP contribution in [0.15, 0.2) is 42.7 Å². The third-order valence-corrected chi connectivity index (χ3v) is 5.45. The van der Waals surface area contributed by atoms with Crippen molar-refractivity contribution in [2.75, 3.05) is 13.1 Å². The van der Waals surface area contributed by atoms with Crippen LogP contribution >= 0.6 is 0 Å². The van der Waals surface area contributed by atoms with Crippen molar-refractivity contribution in [3.63, 3.8) is 0 Å². The molecule has 8 nitrogen and oxygen atoms in total. The molecule has 28 heavy (non-hydrogen) atoms. The fourth-order valence-corrected chi connectivity index (χ4v) is 4.15. The lowest BCUT2D eigenvalue weighted by molar-refractivity contribution is 0.122. The highest BCUT2D eigenvalue weighted by atomic mass is 16.4. The summed E-state index contributed by atoms with van der Waals surface area (Å²) in [7, 11) is 0. The van der Waals surface area contributed by atoms with Crippen molar-refractivity contribution in [3.8, 4) is 11.3 Å². The van der Waals surface area contributed by atoms with E-state index in [0.29, 0.717) is 13.1 Å². The van der Waals surface area contributed by atoms with Crippen molar-refractivity contribution in [3.05, 3.63) is 48.5 Å². The van der Waals surface area contributed by atoms with Crippen molar-refractivity contribution in [1.82, 2.24) is 29.0 Å². The first-order valence-corrected chi connectivity index (χ1v) is 9.38. The number of hydrogen-bond donors (Lipinski definition) is 1. The van der Waals surface area contributed by atoms with E-state index < -0.39 is 6.09 Å². The maximum atomic E-state index is 11.4. The minimum atomic E-state index is -0.869. The number of carbonyl (C=O) groups is 1. The van der Waals surface area contributed by atoms with E-state index in [-0.39, 0.29) is 6.04 Å². The van der Waals surface area contributed by atoms with Crippen LogP contribution in [0.2, 0.25) is 0 Å². The average Bonchev–Trinajstić information content (AvgIpc) is 3.27. The summed E-state index contributed by atoms with van der Waals surface area (Å²) in [6.07, 6.45) is 4.62. The van der Waals surface area contributed by atoms with Crippen LogP contribution in [0.4, 0.5) is 4.79 Å². The van der Waals surface area contributed by atoms with E-state index in [1.807, 2.05) is 54.2 Å². The van der Waals surface area contributed by atoms with E-state index in [9.17, 15) is 9.90 Å². The van der Waals surface area contributed by atoms with E-state index in [1.54, 1.807) is 0 Å². The number of hydrogen-bond acceptors (Lipinski definition) is 4. The Labute approximate surface area is 161 Å². The predicted molar refractivity (Wildman–Crippen MR) is 104 cm³/mol. The highest BCUT2D eigenvalue weighted by molar-refractivity contribution is 5.82. The molecule has 4 aromatic heterocycles. The Hall–Kier alpha value is -3.42. The molecule has 0 radical (unpaired) electrons. The molecular weight excluding hydrogens is 356 g/mol. The first-order valence-electron chi connectivity index (χ1n) is 9.38. The summed E-state index contributed by atoms with van der Waals surface area (Å²) < 4.78 is 3.93. The van der Waals surface area contributed by atoms with Gasteiger partial charge in [0.25, 0.3) is 0 Å². The maximum Gasteiger partial charge on any atom is 0.407 e. The van der Waals surface area contributed by atoms with Crippen molar-refractivity contribution in [1.29, 1.82) is 0 Å². The lowest BCUT2D eigenvalue weighted by Gasteiger charge is -2.32. The van der Waals surface area contributed by atoms with E-state index in [2.05, 4.69) is 14.6 Å². The Morgan fingerprint density at radius 3 is 2.96 bits per heavy atom. The number of nitrogens with zero attached hydrogens (tertiary/aromatic N) is 6. The number of piperidine rings is 1. The Balaban J connectivity index is 1.62. The number of rotatable bonds is 2. The summed E-state index contributed by atoms with van der Waals surface area (Å²) >= 11 is 0. The van der Waals surface area contributed by atoms with Gasteiger partial charge in [-0.25, -0.2) is 19.3 Å². The zero-order valence-corrected chi connectivity index (χ0v) is 15.5. The molecule has 0 aliphatic carbocycles. The summed E-state index contributed by atoms with van der Waals surface area (Å²) in [4.78, 5) is 22.5. The topological polar surface area (TPSA) is 88.5 Å². The van der Waals surface area contributed by atoms with E-state index in [0.717, 1.165) is 46.6 Å². The molecule has 1 aliphatic heterocycles. The largest absolute Gasteiger partial charge is 0.465 e. The molecule has 1 fully saturated rings. The third kappa shape index (κ3) is 2.60. The Morgan fingerprint density at radius 2 is 2.11 bits per heavy atom. The van der Waals surface area contributed by atoms with Crippen LogP contribution in [0, 0.1) is 6.92 Å². The fourth-order valence-electron chi connectivity index (χ4n) is 4.15. The number of imidazole rings is 1. The minimum Gasteiger partial charge on any atom is -0.465 e. The standard InChI is InChI=1S/C20H20N6O2/c1-13-22-17-8-7-16(15-11-21-25-10-3-2-6-18(15)25)23-19(17)26(13)14-5-4-9-24(12-14)20(27)28/h2-3,6-8,10-11,14H,4-5,9,12H2,1H3,(H,27,28). The van der Waals surface area contributed by atoms with Gasteiger partial charge in [0.15, 0.2) is 5.65 Å². The highest BCUT2D eigenvalue weighted by Gasteiger charge is 2.27. The molecule has 1 amide bonds. The maximum absolute atomic E-state index is 11.4. The number of likely N-dealkylation sites (tertiary alicyclic amines) is 1. The lowest BCUT2D eigenvalue weighted by Crippen LogP contribution is -2.40. The number of aromatic nitrogens is 5. The molecule has 1 N–H and O–H groups in total. The zero-order chi connectivity index (χ0) is 19.3. The van der Waals surface area contributed by atoms with Crippen LogP contribution in [-0.2, 0) is 0 Å². The molecule has 0 spiro atoms. The first-order chi connectivity index (χ1) is 13.6. The van der Waals surface area contributed by atoms with Gasteiger partial charge in [-0.05, 0) is 44.0 Å². The Bertz CT molecular complexity index is 1190. The van der Waals surface area contributed by atoms with Crippen LogP contribution in [0.5, 0.6) is 0 Å². The molecule has 1 atom stereocenters. The van der Waals surface area contributed by atoms with E-state index >= 15 is 0 Å². The van der Waals surface area contributed by atoms with Crippen molar-refractivity contribution in [2.45, 2.75) is 25.8 Å². The van der Waals surface area contributed by atoms with Gasteiger partial charge < -0.3 is 14.6 Å².